The van der Waals surface area contributed by atoms with E-state index in [2.05, 4.69) is 9.88 Å². The summed E-state index contributed by atoms with van der Waals surface area (Å²) >= 11 is 1.30. The van der Waals surface area contributed by atoms with Crippen molar-refractivity contribution in [1.82, 2.24) is 14.5 Å². The lowest BCUT2D eigenvalue weighted by Crippen LogP contribution is -2.23. The molecule has 0 saturated heterocycles. The lowest BCUT2D eigenvalue weighted by molar-refractivity contribution is -0.122. The van der Waals surface area contributed by atoms with Gasteiger partial charge in [-0.15, -0.1) is 0 Å². The fourth-order valence-corrected chi connectivity index (χ4v) is 5.61. The van der Waals surface area contributed by atoms with Gasteiger partial charge in [-0.2, -0.15) is 0 Å². The highest BCUT2D eigenvalue weighted by molar-refractivity contribution is 8.13. The van der Waals surface area contributed by atoms with Gasteiger partial charge in [0, 0.05) is 41.2 Å². The van der Waals surface area contributed by atoms with Crippen molar-refractivity contribution in [3.63, 3.8) is 0 Å². The molecule has 3 heterocycles. The van der Waals surface area contributed by atoms with Crippen LogP contribution in [0, 0.1) is 5.41 Å². The van der Waals surface area contributed by atoms with Gasteiger partial charge in [-0.05, 0) is 47.7 Å². The van der Waals surface area contributed by atoms with E-state index in [9.17, 15) is 9.59 Å². The molecule has 5 aromatic rings. The van der Waals surface area contributed by atoms with Crippen LogP contribution in [0.15, 0.2) is 91.3 Å². The van der Waals surface area contributed by atoms with Crippen molar-refractivity contribution < 1.29 is 14.3 Å². The summed E-state index contributed by atoms with van der Waals surface area (Å²) in [5.41, 5.74) is 9.61. The molecule has 2 aromatic heterocycles. The van der Waals surface area contributed by atoms with E-state index < -0.39 is 11.8 Å². The monoisotopic (exact) mass is 549 g/mol. The maximum atomic E-state index is 13.3. The van der Waals surface area contributed by atoms with E-state index in [4.69, 9.17) is 15.9 Å². The maximum absolute atomic E-state index is 13.3. The Bertz CT molecular complexity index is 1800. The van der Waals surface area contributed by atoms with E-state index in [0.29, 0.717) is 41.5 Å². The number of amides is 2. The highest BCUT2D eigenvalue weighted by atomic mass is 32.2. The number of benzene rings is 3. The topological polar surface area (TPSA) is 115 Å². The number of aryl methyl sites for hydroxylation is 1. The number of thioether (sulfide) groups is 1. The Morgan fingerprint density at radius 2 is 1.75 bits per heavy atom. The van der Waals surface area contributed by atoms with E-state index in [0.717, 1.165) is 33.8 Å². The fourth-order valence-electron chi connectivity index (χ4n) is 5.11. The molecule has 0 aliphatic carbocycles. The fraction of sp³-hybridized carbons (Fsp3) is 0.129. The molecule has 8 nitrogen and oxygen atoms in total. The summed E-state index contributed by atoms with van der Waals surface area (Å²) in [6.07, 6.45) is 4.53. The molecule has 1 aliphatic rings. The zero-order valence-electron chi connectivity index (χ0n) is 21.6. The summed E-state index contributed by atoms with van der Waals surface area (Å²) in [7, 11) is 0. The van der Waals surface area contributed by atoms with Gasteiger partial charge < -0.3 is 19.6 Å². The third-order valence-electron chi connectivity index (χ3n) is 6.92. The maximum Gasteiger partial charge on any atom is 0.275 e. The summed E-state index contributed by atoms with van der Waals surface area (Å²) in [5.74, 6) is 0.502. The van der Waals surface area contributed by atoms with Crippen molar-refractivity contribution in [3.05, 3.63) is 102 Å². The van der Waals surface area contributed by atoms with E-state index >= 15 is 0 Å². The molecule has 3 aromatic carbocycles. The molecule has 200 valence electrons. The van der Waals surface area contributed by atoms with Gasteiger partial charge in [0.05, 0.1) is 11.1 Å². The van der Waals surface area contributed by atoms with E-state index in [1.54, 1.807) is 4.57 Å². The zero-order chi connectivity index (χ0) is 27.6. The van der Waals surface area contributed by atoms with Crippen molar-refractivity contribution in [2.45, 2.75) is 19.6 Å². The highest BCUT2D eigenvalue weighted by Crippen LogP contribution is 2.37. The number of nitrogens with one attached hydrogen (secondary N) is 2. The van der Waals surface area contributed by atoms with E-state index in [1.165, 1.54) is 11.8 Å². The molecule has 0 atom stereocenters. The number of aromatic nitrogens is 2. The van der Waals surface area contributed by atoms with Gasteiger partial charge >= 0.3 is 0 Å². The van der Waals surface area contributed by atoms with Gasteiger partial charge in [0.2, 0.25) is 0 Å². The predicted molar refractivity (Wildman–Crippen MR) is 160 cm³/mol. The number of rotatable bonds is 9. The minimum Gasteiger partial charge on any atom is -0.489 e. The number of nitrogens with two attached hydrogens (primary N) is 1. The van der Waals surface area contributed by atoms with Crippen molar-refractivity contribution in [1.29, 1.82) is 5.41 Å². The second kappa shape index (κ2) is 10.8. The lowest BCUT2D eigenvalue weighted by Gasteiger charge is -2.09. The van der Waals surface area contributed by atoms with Gasteiger partial charge in [0.1, 0.15) is 18.1 Å². The van der Waals surface area contributed by atoms with Crippen molar-refractivity contribution >= 4 is 61.8 Å². The van der Waals surface area contributed by atoms with Crippen LogP contribution in [0.1, 0.15) is 17.5 Å². The number of imide groups is 1. The molecule has 40 heavy (non-hydrogen) atoms. The van der Waals surface area contributed by atoms with Gasteiger partial charge in [-0.25, -0.2) is 0 Å². The number of hydrogen-bond donors (Lipinski definition) is 3. The van der Waals surface area contributed by atoms with Gasteiger partial charge in [0.25, 0.3) is 11.8 Å². The zero-order valence-corrected chi connectivity index (χ0v) is 22.4. The third-order valence-corrected chi connectivity index (χ3v) is 7.72. The SMILES string of the molecule is N=C(N)SCCCn1cc(C2=C(n3ccc4ccccc43)C(=O)NC2=O)c2cc(OCc3ccccc3)ccc21. The van der Waals surface area contributed by atoms with E-state index in [1.807, 2.05) is 91.3 Å². The molecule has 0 unspecified atom stereocenters. The third kappa shape index (κ3) is 4.87. The molecule has 9 heteroatoms. The molecule has 6 rings (SSSR count). The van der Waals surface area contributed by atoms with Gasteiger partial charge in [-0.1, -0.05) is 60.3 Å². The molecule has 1 aliphatic heterocycles. The first kappa shape index (κ1) is 25.5. The minimum absolute atomic E-state index is 0.0909. The summed E-state index contributed by atoms with van der Waals surface area (Å²) in [6.45, 7) is 1.07. The minimum atomic E-state index is -0.434. The first-order valence-electron chi connectivity index (χ1n) is 12.9. The quantitative estimate of drug-likeness (QED) is 0.101. The Morgan fingerprint density at radius 3 is 2.58 bits per heavy atom. The predicted octanol–water partition coefficient (Wildman–Crippen LogP) is 5.22. The number of ether oxygens (including phenoxy) is 1. The molecular weight excluding hydrogens is 522 g/mol. The summed E-state index contributed by atoms with van der Waals surface area (Å²) in [6, 6.07) is 25.4. The van der Waals surface area contributed by atoms with Crippen molar-refractivity contribution in [2.24, 2.45) is 5.73 Å². The molecule has 2 amide bonds. The number of carbonyl (C=O) groups is 2. The average molecular weight is 550 g/mol. The summed E-state index contributed by atoms with van der Waals surface area (Å²) in [5, 5.41) is 11.9. The number of amidine groups is 1. The summed E-state index contributed by atoms with van der Waals surface area (Å²) in [4.78, 5) is 26.5. The Hall–Kier alpha value is -4.76. The Labute approximate surface area is 234 Å². The summed E-state index contributed by atoms with van der Waals surface area (Å²) < 4.78 is 9.99. The molecular formula is C31H27N5O3S. The van der Waals surface area contributed by atoms with Crippen LogP contribution in [0.2, 0.25) is 0 Å². The average Bonchev–Trinajstić information content (AvgIpc) is 3.62. The van der Waals surface area contributed by atoms with Crippen LogP contribution in [-0.2, 0) is 22.7 Å². The molecule has 0 spiro atoms. The van der Waals surface area contributed by atoms with Crippen LogP contribution >= 0.6 is 11.8 Å². The second-order valence-electron chi connectivity index (χ2n) is 9.51. The standard InChI is InChI=1S/C31H27N5O3S/c32-31(33)40-16-6-14-35-18-24(23-17-22(11-12-26(23)35)39-19-20-7-2-1-3-8-20)27-28(30(38)34-29(27)37)36-15-13-21-9-4-5-10-25(21)36/h1-5,7-13,15,17-18H,6,14,16,19H2,(H3,32,33)(H,34,37,38). The van der Waals surface area contributed by atoms with Crippen LogP contribution < -0.4 is 15.8 Å². The number of para-hydroxylation sites is 1. The molecule has 4 N–H and O–H groups in total. The van der Waals surface area contributed by atoms with Crippen LogP contribution in [0.3, 0.4) is 0 Å². The Kier molecular flexibility index (Phi) is 6.88. The van der Waals surface area contributed by atoms with E-state index in [-0.39, 0.29) is 5.17 Å². The number of fused-ring (bicyclic) bond motifs is 2. The molecule has 0 fully saturated rings. The van der Waals surface area contributed by atoms with Crippen LogP contribution in [0.5, 0.6) is 5.75 Å². The largest absolute Gasteiger partial charge is 0.489 e. The first-order valence-corrected chi connectivity index (χ1v) is 13.9. The highest BCUT2D eigenvalue weighted by Gasteiger charge is 2.35. The Morgan fingerprint density at radius 1 is 0.950 bits per heavy atom. The van der Waals surface area contributed by atoms with Crippen molar-refractivity contribution in [3.8, 4) is 5.75 Å². The second-order valence-corrected chi connectivity index (χ2v) is 10.6. The number of hydrogen-bond acceptors (Lipinski definition) is 5. The normalized spacial score (nSPS) is 13.4. The Balaban J connectivity index is 1.46. The smallest absolute Gasteiger partial charge is 0.275 e. The van der Waals surface area contributed by atoms with Crippen LogP contribution in [-0.4, -0.2) is 31.9 Å². The van der Waals surface area contributed by atoms with Crippen LogP contribution in [0.4, 0.5) is 0 Å². The lowest BCUT2D eigenvalue weighted by atomic mass is 10.0. The van der Waals surface area contributed by atoms with Crippen molar-refractivity contribution in [2.75, 3.05) is 5.75 Å². The van der Waals surface area contributed by atoms with Crippen LogP contribution in [0.25, 0.3) is 33.1 Å². The van der Waals surface area contributed by atoms with Gasteiger partial charge in [0.15, 0.2) is 5.17 Å². The number of nitrogens with zero attached hydrogens (tertiary/aromatic N) is 2. The number of carbonyl (C=O) groups excluding carboxylic acids is 2. The molecule has 0 bridgehead atoms. The first-order chi connectivity index (χ1) is 19.5. The van der Waals surface area contributed by atoms with Gasteiger partial charge in [-0.3, -0.25) is 20.3 Å². The molecule has 0 radical (unpaired) electrons. The molecule has 0 saturated carbocycles.